The number of carbonyl (C=O) groups is 1. The Labute approximate surface area is 239 Å². The van der Waals surface area contributed by atoms with Gasteiger partial charge in [-0.15, -0.1) is 0 Å². The lowest BCUT2D eigenvalue weighted by Gasteiger charge is -2.23. The lowest BCUT2D eigenvalue weighted by Crippen LogP contribution is -2.25. The van der Waals surface area contributed by atoms with Crippen molar-refractivity contribution in [3.8, 4) is 11.4 Å². The van der Waals surface area contributed by atoms with Gasteiger partial charge in [0.2, 0.25) is 0 Å². The molecule has 41 heavy (non-hydrogen) atoms. The Bertz CT molecular complexity index is 1780. The minimum Gasteiger partial charge on any atom is -0.496 e. The zero-order valence-corrected chi connectivity index (χ0v) is 23.1. The van der Waals surface area contributed by atoms with Crippen LogP contribution in [-0.4, -0.2) is 29.3 Å². The number of methoxy groups -OCH3 is 1. The van der Waals surface area contributed by atoms with Crippen molar-refractivity contribution >= 4 is 28.1 Å². The van der Waals surface area contributed by atoms with Crippen LogP contribution < -0.4 is 15.4 Å². The van der Waals surface area contributed by atoms with E-state index in [-0.39, 0.29) is 11.9 Å². The molecule has 1 saturated carbocycles. The summed E-state index contributed by atoms with van der Waals surface area (Å²) < 4.78 is 7.24. The van der Waals surface area contributed by atoms with Crippen LogP contribution in [0.15, 0.2) is 91.0 Å². The van der Waals surface area contributed by atoms with E-state index < -0.39 is 0 Å². The lowest BCUT2D eigenvalue weighted by molar-refractivity contribution is 0.101. The molecule has 7 nitrogen and oxygen atoms in total. The number of anilines is 1. The summed E-state index contributed by atoms with van der Waals surface area (Å²) in [5.74, 6) is 1.28. The summed E-state index contributed by atoms with van der Waals surface area (Å²) in [5.41, 5.74) is 5.20. The van der Waals surface area contributed by atoms with Gasteiger partial charge in [-0.05, 0) is 85.1 Å². The third-order valence-electron chi connectivity index (χ3n) is 7.50. The molecule has 1 amide bonds. The SMILES string of the molecule is [C-]#[N+]c1cccc(-n2nc(C)cc2C(=O)Nc2cccc(C(NCC3CC3)c3ccc(OC)c4ccccc34)c2)c1. The monoisotopic (exact) mass is 541 g/mol. The molecular formula is C34H31N5O2. The van der Waals surface area contributed by atoms with Crippen LogP contribution in [-0.2, 0) is 0 Å². The number of fused-ring (bicyclic) bond motifs is 1. The number of hydrogen-bond acceptors (Lipinski definition) is 4. The highest BCUT2D eigenvalue weighted by Gasteiger charge is 2.25. The van der Waals surface area contributed by atoms with Gasteiger partial charge in [0.25, 0.3) is 5.91 Å². The van der Waals surface area contributed by atoms with Gasteiger partial charge >= 0.3 is 0 Å². The van der Waals surface area contributed by atoms with Crippen molar-refractivity contribution in [2.24, 2.45) is 5.92 Å². The van der Waals surface area contributed by atoms with Gasteiger partial charge in [0.05, 0.1) is 31.1 Å². The Balaban J connectivity index is 1.33. The predicted molar refractivity (Wildman–Crippen MR) is 162 cm³/mol. The molecule has 4 aromatic carbocycles. The molecule has 0 aliphatic heterocycles. The van der Waals surface area contributed by atoms with Crippen LogP contribution in [0.1, 0.15) is 46.2 Å². The topological polar surface area (TPSA) is 72.5 Å². The molecule has 0 saturated heterocycles. The first-order chi connectivity index (χ1) is 20.0. The van der Waals surface area contributed by atoms with E-state index in [0.29, 0.717) is 34.4 Å². The fraction of sp³-hybridized carbons (Fsp3) is 0.206. The van der Waals surface area contributed by atoms with Crippen molar-refractivity contribution in [3.63, 3.8) is 0 Å². The van der Waals surface area contributed by atoms with Crippen molar-refractivity contribution < 1.29 is 9.53 Å². The van der Waals surface area contributed by atoms with Crippen molar-refractivity contribution in [2.45, 2.75) is 25.8 Å². The summed E-state index contributed by atoms with van der Waals surface area (Å²) in [6.45, 7) is 10.1. The number of carbonyl (C=O) groups excluding carboxylic acids is 1. The molecule has 1 aromatic heterocycles. The van der Waals surface area contributed by atoms with Crippen LogP contribution >= 0.6 is 0 Å². The van der Waals surface area contributed by atoms with E-state index in [2.05, 4.69) is 50.9 Å². The largest absolute Gasteiger partial charge is 0.496 e. The highest BCUT2D eigenvalue weighted by molar-refractivity contribution is 6.03. The third-order valence-corrected chi connectivity index (χ3v) is 7.50. The average molecular weight is 542 g/mol. The minimum atomic E-state index is -0.270. The molecule has 2 N–H and O–H groups in total. The van der Waals surface area contributed by atoms with E-state index >= 15 is 0 Å². The van der Waals surface area contributed by atoms with Crippen molar-refractivity contribution in [2.75, 3.05) is 19.0 Å². The zero-order chi connectivity index (χ0) is 28.3. The van der Waals surface area contributed by atoms with Crippen LogP contribution in [0.3, 0.4) is 0 Å². The molecule has 5 aromatic rings. The Morgan fingerprint density at radius 1 is 1.02 bits per heavy atom. The van der Waals surface area contributed by atoms with Gasteiger partial charge in [0.15, 0.2) is 5.69 Å². The molecule has 1 heterocycles. The summed E-state index contributed by atoms with van der Waals surface area (Å²) in [6, 6.07) is 29.3. The number of hydrogen-bond donors (Lipinski definition) is 2. The Morgan fingerprint density at radius 2 is 1.83 bits per heavy atom. The second-order valence-electron chi connectivity index (χ2n) is 10.5. The van der Waals surface area contributed by atoms with Gasteiger partial charge in [0, 0.05) is 11.1 Å². The van der Waals surface area contributed by atoms with Gasteiger partial charge in [-0.1, -0.05) is 54.6 Å². The maximum absolute atomic E-state index is 13.5. The van der Waals surface area contributed by atoms with Gasteiger partial charge < -0.3 is 15.4 Å². The third kappa shape index (κ3) is 5.56. The predicted octanol–water partition coefficient (Wildman–Crippen LogP) is 7.23. The molecule has 1 aliphatic rings. The molecule has 1 atom stereocenters. The smallest absolute Gasteiger partial charge is 0.274 e. The van der Waals surface area contributed by atoms with Crippen LogP contribution in [0.2, 0.25) is 0 Å². The first-order valence-electron chi connectivity index (χ1n) is 13.8. The first kappa shape index (κ1) is 26.3. The molecule has 1 aliphatic carbocycles. The van der Waals surface area contributed by atoms with E-state index in [4.69, 9.17) is 11.3 Å². The fourth-order valence-corrected chi connectivity index (χ4v) is 5.28. The molecule has 0 radical (unpaired) electrons. The molecular weight excluding hydrogens is 510 g/mol. The van der Waals surface area contributed by atoms with Gasteiger partial charge in [-0.25, -0.2) is 9.53 Å². The van der Waals surface area contributed by atoms with Crippen LogP contribution in [0, 0.1) is 19.4 Å². The molecule has 1 unspecified atom stereocenters. The summed E-state index contributed by atoms with van der Waals surface area (Å²) in [5, 5.41) is 13.6. The summed E-state index contributed by atoms with van der Waals surface area (Å²) >= 11 is 0. The van der Waals surface area contributed by atoms with Crippen molar-refractivity contribution in [1.82, 2.24) is 15.1 Å². The highest BCUT2D eigenvalue weighted by atomic mass is 16.5. The molecule has 204 valence electrons. The molecule has 7 heteroatoms. The van der Waals surface area contributed by atoms with E-state index in [1.54, 1.807) is 36.1 Å². The van der Waals surface area contributed by atoms with Crippen LogP contribution in [0.4, 0.5) is 11.4 Å². The summed E-state index contributed by atoms with van der Waals surface area (Å²) in [7, 11) is 1.70. The summed E-state index contributed by atoms with van der Waals surface area (Å²) in [4.78, 5) is 17.0. The maximum Gasteiger partial charge on any atom is 0.274 e. The van der Waals surface area contributed by atoms with Crippen molar-refractivity contribution in [1.29, 1.82) is 0 Å². The lowest BCUT2D eigenvalue weighted by atomic mass is 9.92. The fourth-order valence-electron chi connectivity index (χ4n) is 5.28. The number of nitrogens with zero attached hydrogens (tertiary/aromatic N) is 3. The molecule has 0 bridgehead atoms. The minimum absolute atomic E-state index is 0.0626. The van der Waals surface area contributed by atoms with Crippen LogP contribution in [0.5, 0.6) is 5.75 Å². The number of rotatable bonds is 9. The average Bonchev–Trinajstić information content (AvgIpc) is 3.75. The Kier molecular flexibility index (Phi) is 7.24. The number of amides is 1. The zero-order valence-electron chi connectivity index (χ0n) is 23.1. The van der Waals surface area contributed by atoms with E-state index in [0.717, 1.165) is 28.6 Å². The maximum atomic E-state index is 13.5. The standard InChI is InChI=1S/C34H31N5O2/c1-22-18-31(39(38-22)27-11-7-9-25(20-27)35-2)34(40)37-26-10-6-8-24(19-26)33(36-21-23-14-15-23)30-16-17-32(41-3)29-13-5-4-12-28(29)30/h4-13,16-20,23,33,36H,14-15,21H2,1,3H3,(H,37,40). The van der Waals surface area contributed by atoms with Gasteiger partial charge in [0.1, 0.15) is 11.4 Å². The number of nitrogens with one attached hydrogen (secondary N) is 2. The molecule has 0 spiro atoms. The molecule has 1 fully saturated rings. The van der Waals surface area contributed by atoms with Gasteiger partial charge in [-0.2, -0.15) is 5.10 Å². The normalized spacial score (nSPS) is 13.5. The number of aryl methyl sites for hydroxylation is 1. The van der Waals surface area contributed by atoms with Gasteiger partial charge in [-0.3, -0.25) is 4.79 Å². The van der Waals surface area contributed by atoms with E-state index in [1.165, 1.54) is 18.4 Å². The Hall–Kier alpha value is -4.93. The van der Waals surface area contributed by atoms with Crippen molar-refractivity contribution in [3.05, 3.63) is 125 Å². The number of benzene rings is 4. The van der Waals surface area contributed by atoms with Crippen LogP contribution in [0.25, 0.3) is 21.3 Å². The first-order valence-corrected chi connectivity index (χ1v) is 13.8. The van der Waals surface area contributed by atoms with E-state index in [9.17, 15) is 4.79 Å². The Morgan fingerprint density at radius 3 is 2.61 bits per heavy atom. The highest BCUT2D eigenvalue weighted by Crippen LogP contribution is 2.36. The summed E-state index contributed by atoms with van der Waals surface area (Å²) in [6.07, 6.45) is 2.51. The number of ether oxygens (including phenoxy) is 1. The molecule has 6 rings (SSSR count). The quantitative estimate of drug-likeness (QED) is 0.193. The second-order valence-corrected chi connectivity index (χ2v) is 10.5. The second kappa shape index (κ2) is 11.3. The van der Waals surface area contributed by atoms with E-state index in [1.807, 2.05) is 43.3 Å². The number of aromatic nitrogens is 2.